The molecule has 3 heterocycles. The molecule has 1 aliphatic heterocycles. The molecule has 29 heavy (non-hydrogen) atoms. The van der Waals surface area contributed by atoms with E-state index in [4.69, 9.17) is 0 Å². The first-order valence-electron chi connectivity index (χ1n) is 10.1. The lowest BCUT2D eigenvalue weighted by atomic mass is 10.1. The van der Waals surface area contributed by atoms with Crippen LogP contribution in [0.4, 0.5) is 0 Å². The molecule has 1 atom stereocenters. The van der Waals surface area contributed by atoms with Crippen molar-refractivity contribution in [2.45, 2.75) is 39.2 Å². The molecule has 4 rings (SSSR count). The first-order chi connectivity index (χ1) is 14.2. The molecule has 0 bridgehead atoms. The Morgan fingerprint density at radius 3 is 3.03 bits per heavy atom. The molecular formula is C23H26N4OS. The zero-order valence-corrected chi connectivity index (χ0v) is 17.6. The summed E-state index contributed by atoms with van der Waals surface area (Å²) >= 11 is 1.47. The highest BCUT2D eigenvalue weighted by Crippen LogP contribution is 2.27. The van der Waals surface area contributed by atoms with Crippen LogP contribution in [0.2, 0.25) is 0 Å². The monoisotopic (exact) mass is 406 g/mol. The molecule has 1 aliphatic rings. The normalized spacial score (nSPS) is 15.9. The third-order valence-electron chi connectivity index (χ3n) is 5.16. The molecule has 0 saturated carbocycles. The van der Waals surface area contributed by atoms with Gasteiger partial charge < -0.3 is 15.6 Å². The van der Waals surface area contributed by atoms with Crippen molar-refractivity contribution in [1.82, 2.24) is 20.6 Å². The Hall–Kier alpha value is -2.86. The van der Waals surface area contributed by atoms with E-state index >= 15 is 0 Å². The van der Waals surface area contributed by atoms with Crippen LogP contribution in [0, 0.1) is 6.92 Å². The van der Waals surface area contributed by atoms with Gasteiger partial charge in [-0.05, 0) is 43.7 Å². The number of aromatic nitrogens is 2. The van der Waals surface area contributed by atoms with Gasteiger partial charge in [-0.1, -0.05) is 37.6 Å². The summed E-state index contributed by atoms with van der Waals surface area (Å²) in [5.74, 6) is -0.0466. The molecule has 6 heteroatoms. The predicted octanol–water partition coefficient (Wildman–Crippen LogP) is 4.57. The van der Waals surface area contributed by atoms with Gasteiger partial charge in [-0.3, -0.25) is 4.79 Å². The van der Waals surface area contributed by atoms with E-state index in [9.17, 15) is 4.79 Å². The van der Waals surface area contributed by atoms with Gasteiger partial charge in [0.15, 0.2) is 0 Å². The summed E-state index contributed by atoms with van der Waals surface area (Å²) in [7, 11) is 0. The van der Waals surface area contributed by atoms with E-state index in [0.717, 1.165) is 41.1 Å². The molecule has 1 aromatic carbocycles. The lowest BCUT2D eigenvalue weighted by Crippen LogP contribution is -2.25. The van der Waals surface area contributed by atoms with E-state index in [-0.39, 0.29) is 5.91 Å². The van der Waals surface area contributed by atoms with Crippen LogP contribution in [0.25, 0.3) is 16.5 Å². The van der Waals surface area contributed by atoms with Crippen molar-refractivity contribution >= 4 is 33.7 Å². The second-order valence-electron chi connectivity index (χ2n) is 7.32. The fraction of sp³-hybridized carbons (Fsp3) is 0.304. The van der Waals surface area contributed by atoms with Crippen molar-refractivity contribution in [3.8, 4) is 0 Å². The van der Waals surface area contributed by atoms with Crippen LogP contribution in [0.5, 0.6) is 0 Å². The molecule has 5 nitrogen and oxygen atoms in total. The Kier molecular flexibility index (Phi) is 5.81. The second kappa shape index (κ2) is 8.66. The van der Waals surface area contributed by atoms with Crippen molar-refractivity contribution in [3.05, 3.63) is 70.0 Å². The summed E-state index contributed by atoms with van der Waals surface area (Å²) in [6, 6.07) is 8.56. The van der Waals surface area contributed by atoms with Gasteiger partial charge in [0.05, 0.1) is 5.69 Å². The number of rotatable bonds is 7. The van der Waals surface area contributed by atoms with Gasteiger partial charge >= 0.3 is 0 Å². The summed E-state index contributed by atoms with van der Waals surface area (Å²) in [6.07, 6.45) is 11.2. The Balaban J connectivity index is 1.41. The highest BCUT2D eigenvalue weighted by atomic mass is 32.1. The number of dihydropyridines is 1. The third kappa shape index (κ3) is 4.27. The van der Waals surface area contributed by atoms with Crippen molar-refractivity contribution in [2.75, 3.05) is 6.54 Å². The molecule has 0 radical (unpaired) electrons. The van der Waals surface area contributed by atoms with Crippen molar-refractivity contribution < 1.29 is 4.79 Å². The van der Waals surface area contributed by atoms with Crippen molar-refractivity contribution in [2.24, 2.45) is 0 Å². The fourth-order valence-electron chi connectivity index (χ4n) is 3.66. The molecule has 0 saturated heterocycles. The maximum absolute atomic E-state index is 12.7. The minimum atomic E-state index is -0.0466. The number of carbonyl (C=O) groups excluding carboxylic acids is 1. The van der Waals surface area contributed by atoms with Crippen LogP contribution in [-0.2, 0) is 6.42 Å². The number of aryl methyl sites for hydroxylation is 1. The lowest BCUT2D eigenvalue weighted by molar-refractivity contribution is 0.0957. The Morgan fingerprint density at radius 1 is 1.31 bits per heavy atom. The number of amides is 1. The van der Waals surface area contributed by atoms with Crippen LogP contribution in [-0.4, -0.2) is 28.5 Å². The molecule has 3 aromatic rings. The number of hydrogen-bond acceptors (Lipinski definition) is 4. The van der Waals surface area contributed by atoms with Crippen LogP contribution in [0.3, 0.4) is 0 Å². The maximum Gasteiger partial charge on any atom is 0.263 e. The number of aromatic amines is 1. The summed E-state index contributed by atoms with van der Waals surface area (Å²) in [5.41, 5.74) is 4.22. The number of carbonyl (C=O) groups is 1. The smallest absolute Gasteiger partial charge is 0.263 e. The minimum absolute atomic E-state index is 0.0466. The molecule has 150 valence electrons. The summed E-state index contributed by atoms with van der Waals surface area (Å²) < 4.78 is 0. The quantitative estimate of drug-likeness (QED) is 0.538. The van der Waals surface area contributed by atoms with Crippen LogP contribution in [0.15, 0.2) is 48.8 Å². The number of para-hydroxylation sites is 1. The van der Waals surface area contributed by atoms with Gasteiger partial charge in [0.2, 0.25) is 0 Å². The first kappa shape index (κ1) is 19.5. The number of hydrogen-bond donors (Lipinski definition) is 3. The number of thiazole rings is 1. The van der Waals surface area contributed by atoms with Crippen LogP contribution < -0.4 is 10.6 Å². The van der Waals surface area contributed by atoms with E-state index in [1.54, 1.807) is 0 Å². The van der Waals surface area contributed by atoms with E-state index in [1.807, 2.05) is 37.5 Å². The van der Waals surface area contributed by atoms with Gasteiger partial charge in [-0.2, -0.15) is 0 Å². The number of nitrogens with zero attached hydrogens (tertiary/aromatic N) is 1. The topological polar surface area (TPSA) is 69.8 Å². The van der Waals surface area contributed by atoms with E-state index < -0.39 is 0 Å². The number of H-pyrrole nitrogens is 1. The van der Waals surface area contributed by atoms with Gasteiger partial charge in [-0.15, -0.1) is 11.3 Å². The van der Waals surface area contributed by atoms with Gasteiger partial charge in [0.1, 0.15) is 9.88 Å². The van der Waals surface area contributed by atoms with E-state index in [0.29, 0.717) is 17.5 Å². The zero-order valence-electron chi connectivity index (χ0n) is 16.8. The Labute approximate surface area is 174 Å². The number of benzene rings is 1. The lowest BCUT2D eigenvalue weighted by Gasteiger charge is -2.17. The van der Waals surface area contributed by atoms with Gasteiger partial charge in [0, 0.05) is 35.3 Å². The number of allylic oxidation sites excluding steroid dienone is 2. The Bertz CT molecular complexity index is 1080. The Morgan fingerprint density at radius 2 is 2.17 bits per heavy atom. The number of fused-ring (bicyclic) bond motifs is 1. The molecule has 0 spiro atoms. The highest BCUT2D eigenvalue weighted by Gasteiger charge is 2.18. The molecule has 0 fully saturated rings. The van der Waals surface area contributed by atoms with Crippen LogP contribution in [0.1, 0.15) is 45.7 Å². The highest BCUT2D eigenvalue weighted by molar-refractivity contribution is 7.14. The molecule has 3 N–H and O–H groups in total. The maximum atomic E-state index is 12.7. The molecule has 1 amide bonds. The largest absolute Gasteiger partial charge is 0.385 e. The first-order valence-corrected chi connectivity index (χ1v) is 10.9. The fourth-order valence-corrected chi connectivity index (χ4v) is 4.65. The summed E-state index contributed by atoms with van der Waals surface area (Å²) in [5, 5.41) is 8.53. The average molecular weight is 407 g/mol. The molecule has 1 unspecified atom stereocenters. The standard InChI is InChI=1S/C23H26N4OS/c1-3-6-18-13-16(9-11-24-18)23-27-15(2)21(29-23)22(28)25-12-10-17-14-26-20-8-5-4-7-19(17)20/h4-5,7-9,11,13-14,18,24,26H,3,6,10,12H2,1-2H3,(H,25,28). The molecule has 0 aliphatic carbocycles. The zero-order chi connectivity index (χ0) is 20.2. The van der Waals surface area contributed by atoms with Crippen molar-refractivity contribution in [1.29, 1.82) is 0 Å². The van der Waals surface area contributed by atoms with E-state index in [2.05, 4.69) is 45.7 Å². The summed E-state index contributed by atoms with van der Waals surface area (Å²) in [6.45, 7) is 4.68. The molecular weight excluding hydrogens is 380 g/mol. The van der Waals surface area contributed by atoms with Gasteiger partial charge in [-0.25, -0.2) is 4.98 Å². The average Bonchev–Trinajstić information content (AvgIpc) is 3.32. The van der Waals surface area contributed by atoms with Crippen molar-refractivity contribution in [3.63, 3.8) is 0 Å². The minimum Gasteiger partial charge on any atom is -0.385 e. The SMILES string of the molecule is CCCC1C=C(c2nc(C)c(C(=O)NCCc3c[nH]c4ccccc34)s2)C=CN1. The summed E-state index contributed by atoms with van der Waals surface area (Å²) in [4.78, 5) is 21.4. The predicted molar refractivity (Wildman–Crippen MR) is 120 cm³/mol. The van der Waals surface area contributed by atoms with Gasteiger partial charge in [0.25, 0.3) is 5.91 Å². The van der Waals surface area contributed by atoms with Crippen LogP contribution >= 0.6 is 11.3 Å². The molecule has 2 aromatic heterocycles. The van der Waals surface area contributed by atoms with E-state index in [1.165, 1.54) is 22.3 Å². The third-order valence-corrected chi connectivity index (χ3v) is 6.36. The second-order valence-corrected chi connectivity index (χ2v) is 8.32. The number of nitrogens with one attached hydrogen (secondary N) is 3.